The highest BCUT2D eigenvalue weighted by Crippen LogP contribution is 1.92. The average Bonchev–Trinajstić information content (AvgIpc) is 1.69. The molecule has 0 nitrogen and oxygen atoms in total. The predicted molar refractivity (Wildman–Crippen MR) is 38.6 cm³/mol. The molecule has 0 bridgehead atoms. The van der Waals surface area contributed by atoms with Crippen molar-refractivity contribution in [3.8, 4) is 0 Å². The Balaban J connectivity index is 2.69. The Bertz CT molecular complexity index is 48.1. The Hall–Kier alpha value is -0.0431. The van der Waals surface area contributed by atoms with Gasteiger partial charge < -0.3 is 0 Å². The van der Waals surface area contributed by atoms with Crippen molar-refractivity contribution in [1.82, 2.24) is 0 Å². The maximum Gasteiger partial charge on any atom is 0.0287 e. The van der Waals surface area contributed by atoms with Crippen LogP contribution in [0.3, 0.4) is 0 Å². The molecule has 0 heterocycles. The molecule has 0 spiro atoms. The van der Waals surface area contributed by atoms with Gasteiger partial charge in [0.05, 0.1) is 0 Å². The van der Waals surface area contributed by atoms with Gasteiger partial charge in [-0.2, -0.15) is 0 Å². The summed E-state index contributed by atoms with van der Waals surface area (Å²) in [7, 11) is 1.23. The summed E-state index contributed by atoms with van der Waals surface area (Å²) < 4.78 is 0. The van der Waals surface area contributed by atoms with Crippen molar-refractivity contribution in [3.63, 3.8) is 0 Å². The molecule has 0 aromatic heterocycles. The molecular formula is C6H14Si. The van der Waals surface area contributed by atoms with Gasteiger partial charge in [0.25, 0.3) is 0 Å². The van der Waals surface area contributed by atoms with Crippen molar-refractivity contribution in [3.05, 3.63) is 11.8 Å². The van der Waals surface area contributed by atoms with E-state index in [9.17, 15) is 0 Å². The predicted octanol–water partition coefficient (Wildman–Crippen LogP) is 1.06. The highest BCUT2D eigenvalue weighted by Gasteiger charge is 1.73. The molecule has 42 valence electrons. The summed E-state index contributed by atoms with van der Waals surface area (Å²) in [5.74, 6) is 0. The smallest absolute Gasteiger partial charge is 0.0287 e. The van der Waals surface area contributed by atoms with E-state index in [0.29, 0.717) is 0 Å². The zero-order valence-electron chi connectivity index (χ0n) is 5.28. The van der Waals surface area contributed by atoms with Crippen molar-refractivity contribution in [2.24, 2.45) is 0 Å². The summed E-state index contributed by atoms with van der Waals surface area (Å²) in [4.78, 5) is 0. The molecule has 0 aromatic carbocycles. The van der Waals surface area contributed by atoms with E-state index >= 15 is 0 Å². The molecule has 0 fully saturated rings. The van der Waals surface area contributed by atoms with Gasteiger partial charge in [-0.3, -0.25) is 0 Å². The zero-order chi connectivity index (χ0) is 5.54. The van der Waals surface area contributed by atoms with Gasteiger partial charge >= 0.3 is 0 Å². The summed E-state index contributed by atoms with van der Waals surface area (Å²) in [5, 5.41) is 0. The Labute approximate surface area is 49.0 Å². The van der Waals surface area contributed by atoms with Crippen LogP contribution in [-0.4, -0.2) is 10.2 Å². The van der Waals surface area contributed by atoms with Gasteiger partial charge in [0, 0.05) is 10.2 Å². The molecule has 0 amide bonds. The minimum Gasteiger partial charge on any atom is -0.109 e. The Morgan fingerprint density at radius 1 is 1.57 bits per heavy atom. The summed E-state index contributed by atoms with van der Waals surface area (Å²) in [6.07, 6.45) is 6.25. The van der Waals surface area contributed by atoms with E-state index in [0.717, 1.165) is 0 Å². The van der Waals surface area contributed by atoms with E-state index in [4.69, 9.17) is 0 Å². The van der Waals surface area contributed by atoms with Gasteiger partial charge in [-0.05, 0) is 6.42 Å². The Kier molecular flexibility index (Phi) is 5.92. The molecule has 0 aromatic rings. The van der Waals surface area contributed by atoms with Crippen LogP contribution in [0.1, 0.15) is 26.2 Å². The molecule has 0 rings (SSSR count). The van der Waals surface area contributed by atoms with E-state index in [2.05, 4.69) is 18.7 Å². The van der Waals surface area contributed by atoms with Crippen LogP contribution in [0.25, 0.3) is 0 Å². The minimum absolute atomic E-state index is 1.23. The summed E-state index contributed by atoms with van der Waals surface area (Å²) >= 11 is 0. The normalized spacial score (nSPS) is 11.0. The first-order chi connectivity index (χ1) is 3.41. The maximum absolute atomic E-state index is 2.27. The van der Waals surface area contributed by atoms with E-state index < -0.39 is 0 Å². The fraction of sp³-hybridized carbons (Fsp3) is 0.667. The number of hydrogen-bond acceptors (Lipinski definition) is 0. The van der Waals surface area contributed by atoms with Crippen LogP contribution < -0.4 is 0 Å². The van der Waals surface area contributed by atoms with Crippen molar-refractivity contribution < 1.29 is 0 Å². The number of allylic oxidation sites excluding steroid dienone is 1. The van der Waals surface area contributed by atoms with Gasteiger partial charge in [0.1, 0.15) is 0 Å². The zero-order valence-corrected chi connectivity index (χ0v) is 7.28. The lowest BCUT2D eigenvalue weighted by Gasteiger charge is -1.83. The molecule has 7 heavy (non-hydrogen) atoms. The van der Waals surface area contributed by atoms with Gasteiger partial charge in [0.2, 0.25) is 0 Å². The quantitative estimate of drug-likeness (QED) is 0.380. The van der Waals surface area contributed by atoms with Crippen LogP contribution in [0.5, 0.6) is 0 Å². The summed E-state index contributed by atoms with van der Waals surface area (Å²) in [6, 6.07) is 0. The van der Waals surface area contributed by atoms with E-state index in [1.54, 1.807) is 0 Å². The third-order valence-electron chi connectivity index (χ3n) is 0.960. The van der Waals surface area contributed by atoms with Crippen LogP contribution in [-0.2, 0) is 0 Å². The number of hydrogen-bond donors (Lipinski definition) is 0. The van der Waals surface area contributed by atoms with Crippen molar-refractivity contribution in [1.29, 1.82) is 0 Å². The summed E-state index contributed by atoms with van der Waals surface area (Å²) in [5.41, 5.74) is 2.25. The molecule has 0 aliphatic heterocycles. The first-order valence-electron chi connectivity index (χ1n) is 3.03. The van der Waals surface area contributed by atoms with Crippen molar-refractivity contribution in [2.45, 2.75) is 26.2 Å². The Morgan fingerprint density at radius 3 is 2.71 bits per heavy atom. The van der Waals surface area contributed by atoms with Gasteiger partial charge in [-0.25, -0.2) is 0 Å². The van der Waals surface area contributed by atoms with E-state index in [1.165, 1.54) is 29.5 Å². The van der Waals surface area contributed by atoms with Gasteiger partial charge in [-0.1, -0.05) is 25.8 Å². The molecular weight excluding hydrogens is 100 g/mol. The highest BCUT2D eigenvalue weighted by molar-refractivity contribution is 6.16. The Morgan fingerprint density at radius 2 is 2.29 bits per heavy atom. The number of rotatable bonds is 3. The summed E-state index contributed by atoms with van der Waals surface area (Å²) in [6.45, 7) is 2.22. The first kappa shape index (κ1) is 6.96. The van der Waals surface area contributed by atoms with Crippen LogP contribution in [0.2, 0.25) is 0 Å². The van der Waals surface area contributed by atoms with Crippen LogP contribution in [0.15, 0.2) is 11.8 Å². The molecule has 0 N–H and O–H groups in total. The molecule has 0 unspecified atom stereocenters. The van der Waals surface area contributed by atoms with Crippen LogP contribution in [0, 0.1) is 0 Å². The second kappa shape index (κ2) is 5.96. The minimum atomic E-state index is 1.23. The number of unbranched alkanes of at least 4 members (excludes halogenated alkanes) is 2. The van der Waals surface area contributed by atoms with Crippen LogP contribution in [0.4, 0.5) is 0 Å². The molecule has 0 aliphatic rings. The first-order valence-corrected chi connectivity index (χ1v) is 4.18. The fourth-order valence-corrected chi connectivity index (χ4v) is 0.822. The van der Waals surface area contributed by atoms with E-state index in [1.807, 2.05) is 0 Å². The van der Waals surface area contributed by atoms with Crippen LogP contribution >= 0.6 is 0 Å². The lowest BCUT2D eigenvalue weighted by Crippen LogP contribution is -1.64. The third-order valence-corrected chi connectivity index (χ3v) is 1.43. The average molecular weight is 114 g/mol. The fourth-order valence-electron chi connectivity index (χ4n) is 0.489. The lowest BCUT2D eigenvalue weighted by atomic mass is 10.2. The molecule has 0 saturated heterocycles. The molecule has 0 aliphatic carbocycles. The van der Waals surface area contributed by atoms with Crippen molar-refractivity contribution in [2.75, 3.05) is 0 Å². The molecule has 0 saturated carbocycles. The molecule has 1 heteroatoms. The van der Waals surface area contributed by atoms with Gasteiger partial charge in [0.15, 0.2) is 0 Å². The monoisotopic (exact) mass is 114 g/mol. The highest BCUT2D eigenvalue weighted by atomic mass is 28.1. The maximum atomic E-state index is 2.27. The third kappa shape index (κ3) is 5.96. The standard InChI is InChI=1S/C6H14Si/c1-2-3-4-5-6-7/h5-6H,2-4H2,1,7H3. The topological polar surface area (TPSA) is 0 Å². The molecule has 0 radical (unpaired) electrons. The molecule has 0 atom stereocenters. The second-order valence-corrected chi connectivity index (χ2v) is 2.38. The van der Waals surface area contributed by atoms with Crippen molar-refractivity contribution >= 4 is 10.2 Å². The lowest BCUT2D eigenvalue weighted by molar-refractivity contribution is 0.815. The van der Waals surface area contributed by atoms with Gasteiger partial charge in [-0.15, -0.1) is 5.70 Å². The second-order valence-electron chi connectivity index (χ2n) is 1.71. The van der Waals surface area contributed by atoms with E-state index in [-0.39, 0.29) is 0 Å². The largest absolute Gasteiger partial charge is 0.109 e. The SMILES string of the molecule is CCCCC=C[SiH3].